The molecule has 0 radical (unpaired) electrons. The predicted molar refractivity (Wildman–Crippen MR) is 145 cm³/mol. The lowest BCUT2D eigenvalue weighted by molar-refractivity contribution is 0.627. The van der Waals surface area contributed by atoms with E-state index in [2.05, 4.69) is 54.4 Å². The zero-order valence-electron chi connectivity index (χ0n) is 19.7. The summed E-state index contributed by atoms with van der Waals surface area (Å²) < 4.78 is 0. The lowest BCUT2D eigenvalue weighted by Gasteiger charge is -2.14. The largest absolute Gasteiger partial charge is 0.221 e. The average Bonchev–Trinajstić information content (AvgIpc) is 2.71. The second kappa shape index (κ2) is 26.3. The SMILES string of the molecule is CCCCCCCCS[SiH](SCCCCCCCC)SCCCCCCCC. The molecule has 0 fully saturated rings. The van der Waals surface area contributed by atoms with Crippen molar-refractivity contribution in [2.75, 3.05) is 17.3 Å². The van der Waals surface area contributed by atoms with Gasteiger partial charge >= 0.3 is 0 Å². The lowest BCUT2D eigenvalue weighted by Crippen LogP contribution is -2.03. The van der Waals surface area contributed by atoms with E-state index >= 15 is 0 Å². The molecular formula is C24H52S3Si. The van der Waals surface area contributed by atoms with Crippen LogP contribution in [0, 0.1) is 0 Å². The molecule has 0 aromatic rings. The van der Waals surface area contributed by atoms with Crippen LogP contribution in [0.1, 0.15) is 136 Å². The zero-order valence-corrected chi connectivity index (χ0v) is 23.3. The summed E-state index contributed by atoms with van der Waals surface area (Å²) in [4.78, 5) is 0. The molecule has 0 heterocycles. The van der Waals surface area contributed by atoms with E-state index in [1.165, 1.54) is 133 Å². The highest BCUT2D eigenvalue weighted by Crippen LogP contribution is 2.32. The molecule has 0 saturated carbocycles. The van der Waals surface area contributed by atoms with Crippen LogP contribution in [-0.2, 0) is 0 Å². The van der Waals surface area contributed by atoms with E-state index in [9.17, 15) is 0 Å². The van der Waals surface area contributed by atoms with Gasteiger partial charge in [0.1, 0.15) is 0 Å². The highest BCUT2D eigenvalue weighted by Gasteiger charge is 2.12. The van der Waals surface area contributed by atoms with Gasteiger partial charge in [-0.25, -0.2) is 0 Å². The van der Waals surface area contributed by atoms with E-state index in [-0.39, 0.29) is 0 Å². The van der Waals surface area contributed by atoms with Crippen LogP contribution in [0.5, 0.6) is 0 Å². The molecule has 28 heavy (non-hydrogen) atoms. The van der Waals surface area contributed by atoms with Crippen molar-refractivity contribution in [1.29, 1.82) is 0 Å². The summed E-state index contributed by atoms with van der Waals surface area (Å²) in [6.45, 7) is 6.94. The molecule has 0 aromatic carbocycles. The highest BCUT2D eigenvalue weighted by molar-refractivity contribution is 8.76. The van der Waals surface area contributed by atoms with Gasteiger partial charge in [0.25, 0.3) is 0 Å². The molecule has 170 valence electrons. The first kappa shape index (κ1) is 29.3. The van der Waals surface area contributed by atoms with Gasteiger partial charge < -0.3 is 0 Å². The van der Waals surface area contributed by atoms with E-state index in [1.807, 2.05) is 0 Å². The van der Waals surface area contributed by atoms with Crippen molar-refractivity contribution in [1.82, 2.24) is 0 Å². The molecule has 0 amide bonds. The summed E-state index contributed by atoms with van der Waals surface area (Å²) in [6, 6.07) is 0. The maximum absolute atomic E-state index is 2.39. The lowest BCUT2D eigenvalue weighted by atomic mass is 10.1. The summed E-state index contributed by atoms with van der Waals surface area (Å²) in [5.74, 6) is 4.32. The Bertz CT molecular complexity index is 234. The van der Waals surface area contributed by atoms with Crippen molar-refractivity contribution < 1.29 is 0 Å². The van der Waals surface area contributed by atoms with Gasteiger partial charge in [0, 0.05) is 0 Å². The van der Waals surface area contributed by atoms with E-state index in [4.69, 9.17) is 0 Å². The minimum atomic E-state index is -0.678. The van der Waals surface area contributed by atoms with Gasteiger partial charge in [-0.1, -0.05) is 117 Å². The minimum absolute atomic E-state index is 0.678. The normalized spacial score (nSPS) is 11.6. The van der Waals surface area contributed by atoms with Crippen LogP contribution >= 0.6 is 33.6 Å². The fraction of sp³-hybridized carbons (Fsp3) is 1.00. The Labute approximate surface area is 192 Å². The molecule has 0 atom stereocenters. The average molecular weight is 465 g/mol. The van der Waals surface area contributed by atoms with Crippen LogP contribution in [0.4, 0.5) is 0 Å². The third-order valence-corrected chi connectivity index (χ3v) is 19.6. The quantitative estimate of drug-likeness (QED) is 0.103. The van der Waals surface area contributed by atoms with Crippen LogP contribution in [0.15, 0.2) is 0 Å². The fourth-order valence-corrected chi connectivity index (χ4v) is 17.2. The van der Waals surface area contributed by atoms with Crippen molar-refractivity contribution in [3.63, 3.8) is 0 Å². The van der Waals surface area contributed by atoms with E-state index in [1.54, 1.807) is 0 Å². The molecule has 0 unspecified atom stereocenters. The van der Waals surface area contributed by atoms with E-state index < -0.39 is 6.25 Å². The molecule has 0 aromatic heterocycles. The van der Waals surface area contributed by atoms with Crippen LogP contribution in [0.25, 0.3) is 0 Å². The Morgan fingerprint density at radius 1 is 0.357 bits per heavy atom. The highest BCUT2D eigenvalue weighted by atomic mass is 32.8. The molecule has 4 heteroatoms. The molecular weight excluding hydrogens is 413 g/mol. The predicted octanol–water partition coefficient (Wildman–Crippen LogP) is 9.98. The minimum Gasteiger partial charge on any atom is -0.165 e. The summed E-state index contributed by atoms with van der Waals surface area (Å²) in [6.07, 6.45) is 25.3. The van der Waals surface area contributed by atoms with Gasteiger partial charge in [0.2, 0.25) is 6.25 Å². The second-order valence-corrected chi connectivity index (χ2v) is 20.9. The molecule has 0 aliphatic carbocycles. The van der Waals surface area contributed by atoms with Gasteiger partial charge in [0.05, 0.1) is 0 Å². The topological polar surface area (TPSA) is 0 Å². The van der Waals surface area contributed by atoms with Crippen molar-refractivity contribution in [3.8, 4) is 0 Å². The number of rotatable bonds is 24. The summed E-state index contributed by atoms with van der Waals surface area (Å²) >= 11 is 7.18. The van der Waals surface area contributed by atoms with Gasteiger partial charge in [0.15, 0.2) is 0 Å². The van der Waals surface area contributed by atoms with Gasteiger partial charge in [-0.15, -0.1) is 0 Å². The van der Waals surface area contributed by atoms with Gasteiger partial charge in [-0.05, 0) is 36.5 Å². The molecule has 0 rings (SSSR count). The molecule has 0 saturated heterocycles. The molecule has 0 nitrogen and oxygen atoms in total. The Balaban J connectivity index is 3.80. The third kappa shape index (κ3) is 23.5. The first-order valence-corrected chi connectivity index (χ1v) is 20.1. The Morgan fingerprint density at radius 2 is 0.607 bits per heavy atom. The summed E-state index contributed by atoms with van der Waals surface area (Å²) in [7, 11) is 0. The number of hydrogen-bond acceptors (Lipinski definition) is 3. The first-order chi connectivity index (χ1) is 13.8. The maximum atomic E-state index is 2.39. The van der Waals surface area contributed by atoms with Crippen LogP contribution in [-0.4, -0.2) is 23.5 Å². The smallest absolute Gasteiger partial charge is 0.165 e. The maximum Gasteiger partial charge on any atom is 0.221 e. The third-order valence-electron chi connectivity index (χ3n) is 5.26. The summed E-state index contributed by atoms with van der Waals surface area (Å²) in [5.41, 5.74) is 0. The van der Waals surface area contributed by atoms with Crippen LogP contribution < -0.4 is 0 Å². The number of hydrogen-bond donors (Lipinski definition) is 0. The van der Waals surface area contributed by atoms with E-state index in [0.717, 1.165) is 0 Å². The monoisotopic (exact) mass is 464 g/mol. The Morgan fingerprint density at radius 3 is 0.893 bits per heavy atom. The van der Waals surface area contributed by atoms with Crippen LogP contribution in [0.2, 0.25) is 0 Å². The molecule has 0 N–H and O–H groups in total. The van der Waals surface area contributed by atoms with Crippen molar-refractivity contribution in [3.05, 3.63) is 0 Å². The van der Waals surface area contributed by atoms with Gasteiger partial charge in [-0.3, -0.25) is 0 Å². The molecule has 0 aliphatic heterocycles. The van der Waals surface area contributed by atoms with Crippen molar-refractivity contribution in [2.45, 2.75) is 136 Å². The van der Waals surface area contributed by atoms with Gasteiger partial charge in [-0.2, -0.15) is 33.6 Å². The van der Waals surface area contributed by atoms with E-state index in [0.29, 0.717) is 0 Å². The van der Waals surface area contributed by atoms with Crippen LogP contribution in [0.3, 0.4) is 0 Å². The molecule has 0 bridgehead atoms. The Kier molecular flexibility index (Phi) is 27.5. The zero-order chi connectivity index (χ0) is 20.5. The molecule has 0 aliphatic rings. The number of unbranched alkanes of at least 4 members (excludes halogenated alkanes) is 15. The fourth-order valence-electron chi connectivity index (χ4n) is 3.33. The summed E-state index contributed by atoms with van der Waals surface area (Å²) in [5, 5.41) is 0. The second-order valence-electron chi connectivity index (χ2n) is 8.20. The Hall–Kier alpha value is 1.27. The standard InChI is InChI=1S/C24H52S3Si/c1-4-7-10-13-16-19-22-25-28(26-23-20-17-14-11-8-5-2)27-24-21-18-15-12-9-6-3/h28H,4-24H2,1-3H3. The van der Waals surface area contributed by atoms with Crippen molar-refractivity contribution >= 4 is 39.9 Å². The molecule has 0 spiro atoms. The first-order valence-electron chi connectivity index (χ1n) is 12.7. The van der Waals surface area contributed by atoms with Crippen molar-refractivity contribution in [2.24, 2.45) is 0 Å².